The standard InChI is InChI=1S/C25H26N4O5S/c1-35(33,34)29-20-7-3-2-6-18(20)16-8-10-19-22(14-16)27-21-11-9-17(15-23(21)28-25(19)32)24(31)26-12-4-5-13-30/h2-3,6-11,14-15,27,29-30H,4-5,12-13H2,1H3,(H,26,31)(H,28,32). The number of rotatable bonds is 8. The fourth-order valence-corrected chi connectivity index (χ4v) is 4.39. The average molecular weight is 495 g/mol. The molecule has 0 saturated carbocycles. The van der Waals surface area contributed by atoms with E-state index in [0.717, 1.165) is 11.8 Å². The molecule has 35 heavy (non-hydrogen) atoms. The van der Waals surface area contributed by atoms with Crippen LogP contribution in [0.5, 0.6) is 0 Å². The number of aliphatic hydroxyl groups excluding tert-OH is 1. The fourth-order valence-electron chi connectivity index (χ4n) is 3.81. The molecule has 0 atom stereocenters. The summed E-state index contributed by atoms with van der Waals surface area (Å²) < 4.78 is 26.1. The van der Waals surface area contributed by atoms with E-state index in [-0.39, 0.29) is 18.4 Å². The van der Waals surface area contributed by atoms with Gasteiger partial charge in [-0.05, 0) is 54.8 Å². The highest BCUT2D eigenvalue weighted by molar-refractivity contribution is 7.92. The summed E-state index contributed by atoms with van der Waals surface area (Å²) in [5.74, 6) is -0.597. The lowest BCUT2D eigenvalue weighted by Gasteiger charge is -2.14. The van der Waals surface area contributed by atoms with Gasteiger partial charge in [-0.3, -0.25) is 14.3 Å². The molecular weight excluding hydrogens is 468 g/mol. The van der Waals surface area contributed by atoms with Crippen molar-refractivity contribution in [1.29, 1.82) is 0 Å². The van der Waals surface area contributed by atoms with Crippen molar-refractivity contribution in [2.24, 2.45) is 0 Å². The molecular formula is C25H26N4O5S. The molecule has 2 amide bonds. The van der Waals surface area contributed by atoms with Gasteiger partial charge in [0.1, 0.15) is 0 Å². The van der Waals surface area contributed by atoms with Crippen LogP contribution >= 0.6 is 0 Å². The molecule has 5 N–H and O–H groups in total. The van der Waals surface area contributed by atoms with Gasteiger partial charge >= 0.3 is 0 Å². The number of hydrogen-bond acceptors (Lipinski definition) is 6. The average Bonchev–Trinajstić information content (AvgIpc) is 2.95. The van der Waals surface area contributed by atoms with E-state index in [1.807, 2.05) is 0 Å². The fraction of sp³-hybridized carbons (Fsp3) is 0.200. The molecule has 0 aliphatic carbocycles. The van der Waals surface area contributed by atoms with Crippen LogP contribution in [0.1, 0.15) is 33.6 Å². The van der Waals surface area contributed by atoms with Crippen molar-refractivity contribution >= 4 is 44.6 Å². The highest BCUT2D eigenvalue weighted by Crippen LogP contribution is 2.37. The van der Waals surface area contributed by atoms with Crippen LogP contribution in [-0.2, 0) is 10.0 Å². The number of unbranched alkanes of at least 4 members (excludes halogenated alkanes) is 1. The van der Waals surface area contributed by atoms with E-state index in [0.29, 0.717) is 58.8 Å². The highest BCUT2D eigenvalue weighted by atomic mass is 32.2. The molecule has 0 bridgehead atoms. The summed E-state index contributed by atoms with van der Waals surface area (Å²) in [7, 11) is -3.47. The van der Waals surface area contributed by atoms with Gasteiger partial charge in [-0.25, -0.2) is 8.42 Å². The zero-order valence-electron chi connectivity index (χ0n) is 19.1. The van der Waals surface area contributed by atoms with Crippen molar-refractivity contribution < 1.29 is 23.1 Å². The van der Waals surface area contributed by atoms with Crippen LogP contribution in [0.3, 0.4) is 0 Å². The zero-order valence-corrected chi connectivity index (χ0v) is 19.9. The van der Waals surface area contributed by atoms with Gasteiger partial charge in [-0.15, -0.1) is 0 Å². The van der Waals surface area contributed by atoms with E-state index < -0.39 is 10.0 Å². The molecule has 0 radical (unpaired) electrons. The minimum Gasteiger partial charge on any atom is -0.396 e. The smallest absolute Gasteiger partial charge is 0.257 e. The summed E-state index contributed by atoms with van der Waals surface area (Å²) >= 11 is 0. The number of amides is 2. The Bertz CT molecular complexity index is 1390. The molecule has 1 aliphatic heterocycles. The van der Waals surface area contributed by atoms with Gasteiger partial charge in [0.2, 0.25) is 10.0 Å². The number of carbonyl (C=O) groups is 2. The van der Waals surface area contributed by atoms with Crippen LogP contribution in [0.25, 0.3) is 11.1 Å². The van der Waals surface area contributed by atoms with Gasteiger partial charge < -0.3 is 21.1 Å². The van der Waals surface area contributed by atoms with Crippen molar-refractivity contribution in [3.8, 4) is 11.1 Å². The maximum Gasteiger partial charge on any atom is 0.257 e. The molecule has 4 rings (SSSR count). The maximum atomic E-state index is 12.9. The predicted octanol–water partition coefficient (Wildman–Crippen LogP) is 3.54. The SMILES string of the molecule is CS(=O)(=O)Nc1ccccc1-c1ccc2c(c1)Nc1ccc(C(=O)NCCCCO)cc1NC2=O. The number of nitrogens with one attached hydrogen (secondary N) is 4. The first-order chi connectivity index (χ1) is 16.7. The first-order valence-corrected chi connectivity index (χ1v) is 13.0. The second kappa shape index (κ2) is 10.2. The Morgan fingerprint density at radius 1 is 0.914 bits per heavy atom. The van der Waals surface area contributed by atoms with Gasteiger partial charge in [0.05, 0.1) is 34.6 Å². The van der Waals surface area contributed by atoms with Crippen LogP contribution in [-0.4, -0.2) is 44.7 Å². The Hall–Kier alpha value is -3.89. The molecule has 0 saturated heterocycles. The molecule has 3 aromatic carbocycles. The Labute approximate surface area is 203 Å². The third-order valence-electron chi connectivity index (χ3n) is 5.47. The largest absolute Gasteiger partial charge is 0.396 e. The topological polar surface area (TPSA) is 137 Å². The minimum absolute atomic E-state index is 0.0779. The first-order valence-electron chi connectivity index (χ1n) is 11.1. The van der Waals surface area contributed by atoms with E-state index >= 15 is 0 Å². The van der Waals surface area contributed by atoms with Crippen molar-refractivity contribution in [3.63, 3.8) is 0 Å². The zero-order chi connectivity index (χ0) is 25.0. The lowest BCUT2D eigenvalue weighted by Crippen LogP contribution is -2.24. The Morgan fingerprint density at radius 3 is 2.49 bits per heavy atom. The number of sulfonamides is 1. The molecule has 10 heteroatoms. The number of hydrogen-bond donors (Lipinski definition) is 5. The monoisotopic (exact) mass is 494 g/mol. The molecule has 0 aromatic heterocycles. The second-order valence-corrected chi connectivity index (χ2v) is 9.95. The van der Waals surface area contributed by atoms with Crippen molar-refractivity contribution in [1.82, 2.24) is 5.32 Å². The number of aliphatic hydroxyl groups is 1. The van der Waals surface area contributed by atoms with E-state index in [2.05, 4.69) is 20.7 Å². The summed E-state index contributed by atoms with van der Waals surface area (Å²) in [5, 5.41) is 17.8. The lowest BCUT2D eigenvalue weighted by atomic mass is 10.0. The molecule has 9 nitrogen and oxygen atoms in total. The third-order valence-corrected chi connectivity index (χ3v) is 6.06. The van der Waals surface area contributed by atoms with Gasteiger partial charge in [-0.2, -0.15) is 0 Å². The summed E-state index contributed by atoms with van der Waals surface area (Å²) in [4.78, 5) is 25.4. The number of benzene rings is 3. The molecule has 1 aliphatic rings. The normalized spacial score (nSPS) is 12.5. The van der Waals surface area contributed by atoms with Crippen molar-refractivity contribution in [2.45, 2.75) is 12.8 Å². The van der Waals surface area contributed by atoms with Gasteiger partial charge in [0, 0.05) is 24.3 Å². The van der Waals surface area contributed by atoms with Crippen LogP contribution in [0.2, 0.25) is 0 Å². The van der Waals surface area contributed by atoms with Crippen LogP contribution in [0, 0.1) is 0 Å². The van der Waals surface area contributed by atoms with Crippen molar-refractivity contribution in [3.05, 3.63) is 71.8 Å². The molecule has 0 fully saturated rings. The Balaban J connectivity index is 1.63. The second-order valence-electron chi connectivity index (χ2n) is 8.21. The number of carbonyl (C=O) groups excluding carboxylic acids is 2. The Morgan fingerprint density at radius 2 is 1.71 bits per heavy atom. The molecule has 0 spiro atoms. The number of anilines is 4. The lowest BCUT2D eigenvalue weighted by molar-refractivity contribution is 0.0950. The van der Waals surface area contributed by atoms with Crippen LogP contribution in [0.4, 0.5) is 22.7 Å². The Kier molecular flexibility index (Phi) is 7.04. The summed E-state index contributed by atoms with van der Waals surface area (Å²) in [5.41, 5.74) is 4.27. The summed E-state index contributed by atoms with van der Waals surface area (Å²) in [6.45, 7) is 0.527. The molecule has 3 aromatic rings. The summed E-state index contributed by atoms with van der Waals surface area (Å²) in [6, 6.07) is 17.2. The van der Waals surface area contributed by atoms with Crippen LogP contribution in [0.15, 0.2) is 60.7 Å². The van der Waals surface area contributed by atoms with Crippen LogP contribution < -0.4 is 20.7 Å². The molecule has 0 unspecified atom stereocenters. The quantitative estimate of drug-likeness (QED) is 0.304. The number of para-hydroxylation sites is 1. The number of fused-ring (bicyclic) bond motifs is 2. The van der Waals surface area contributed by atoms with Crippen molar-refractivity contribution in [2.75, 3.05) is 34.8 Å². The van der Waals surface area contributed by atoms with E-state index in [4.69, 9.17) is 5.11 Å². The predicted molar refractivity (Wildman–Crippen MR) is 137 cm³/mol. The van der Waals surface area contributed by atoms with E-state index in [9.17, 15) is 18.0 Å². The van der Waals surface area contributed by atoms with E-state index in [1.54, 1.807) is 60.7 Å². The minimum atomic E-state index is -3.47. The molecule has 182 valence electrons. The maximum absolute atomic E-state index is 12.9. The summed E-state index contributed by atoms with van der Waals surface area (Å²) in [6.07, 6.45) is 2.37. The highest BCUT2D eigenvalue weighted by Gasteiger charge is 2.21. The van der Waals surface area contributed by atoms with E-state index in [1.165, 1.54) is 0 Å². The molecule has 1 heterocycles. The van der Waals surface area contributed by atoms with Gasteiger partial charge in [0.25, 0.3) is 11.8 Å². The third kappa shape index (κ3) is 5.79. The van der Waals surface area contributed by atoms with Gasteiger partial charge in [-0.1, -0.05) is 24.3 Å². The van der Waals surface area contributed by atoms with Gasteiger partial charge in [0.15, 0.2) is 0 Å². The first kappa shape index (κ1) is 24.2.